The molecular weight excluding hydrogens is 192 g/mol. The number of hydrogen-bond donors (Lipinski definition) is 1. The summed E-state index contributed by atoms with van der Waals surface area (Å²) in [5, 5.41) is 10.6. The number of hydrogen-bond acceptors (Lipinski definition) is 3. The molecule has 84 valence electrons. The predicted molar refractivity (Wildman–Crippen MR) is 56.3 cm³/mol. The van der Waals surface area contributed by atoms with Crippen molar-refractivity contribution < 1.29 is 9.84 Å². The van der Waals surface area contributed by atoms with E-state index >= 15 is 0 Å². The molecule has 0 bridgehead atoms. The van der Waals surface area contributed by atoms with Gasteiger partial charge in [-0.3, -0.25) is 0 Å². The average Bonchev–Trinajstić information content (AvgIpc) is 2.48. The van der Waals surface area contributed by atoms with Crippen molar-refractivity contribution in [2.75, 3.05) is 0 Å². The standard InChI is InChI=1S/C11H18N2O2/c1-8-6-11(14,7-9(2)15-8)10-12-4-5-13(10)3/h4-5,8-9,14H,6-7H2,1-3H3. The molecule has 1 saturated heterocycles. The van der Waals surface area contributed by atoms with Crippen molar-refractivity contribution in [1.29, 1.82) is 0 Å². The van der Waals surface area contributed by atoms with Crippen LogP contribution in [0.2, 0.25) is 0 Å². The third kappa shape index (κ3) is 1.92. The van der Waals surface area contributed by atoms with E-state index in [4.69, 9.17) is 4.74 Å². The molecule has 1 aromatic rings. The number of rotatable bonds is 1. The maximum atomic E-state index is 10.6. The first kappa shape index (κ1) is 10.6. The Bertz CT molecular complexity index is 338. The molecule has 0 amide bonds. The molecule has 0 saturated carbocycles. The van der Waals surface area contributed by atoms with Crippen LogP contribution in [0, 0.1) is 0 Å². The Morgan fingerprint density at radius 3 is 2.53 bits per heavy atom. The lowest BCUT2D eigenvalue weighted by Crippen LogP contribution is -2.42. The van der Waals surface area contributed by atoms with Crippen LogP contribution in [0.1, 0.15) is 32.5 Å². The van der Waals surface area contributed by atoms with Crippen molar-refractivity contribution >= 4 is 0 Å². The molecule has 15 heavy (non-hydrogen) atoms. The lowest BCUT2D eigenvalue weighted by Gasteiger charge is -2.38. The van der Waals surface area contributed by atoms with Crippen LogP contribution in [0.5, 0.6) is 0 Å². The molecule has 4 heteroatoms. The first-order valence-corrected chi connectivity index (χ1v) is 5.37. The van der Waals surface area contributed by atoms with Crippen LogP contribution in [0.25, 0.3) is 0 Å². The second kappa shape index (κ2) is 3.61. The summed E-state index contributed by atoms with van der Waals surface area (Å²) in [6, 6.07) is 0. The number of aromatic nitrogens is 2. The van der Waals surface area contributed by atoms with Crippen molar-refractivity contribution in [3.05, 3.63) is 18.2 Å². The third-order valence-electron chi connectivity index (χ3n) is 2.95. The van der Waals surface area contributed by atoms with Crippen molar-refractivity contribution in [3.63, 3.8) is 0 Å². The number of aliphatic hydroxyl groups is 1. The minimum Gasteiger partial charge on any atom is -0.382 e. The topological polar surface area (TPSA) is 47.3 Å². The Kier molecular flexibility index (Phi) is 2.56. The average molecular weight is 210 g/mol. The Morgan fingerprint density at radius 1 is 1.47 bits per heavy atom. The summed E-state index contributed by atoms with van der Waals surface area (Å²) in [4.78, 5) is 4.24. The van der Waals surface area contributed by atoms with Gasteiger partial charge >= 0.3 is 0 Å². The van der Waals surface area contributed by atoms with Crippen LogP contribution < -0.4 is 0 Å². The third-order valence-corrected chi connectivity index (χ3v) is 2.95. The van der Waals surface area contributed by atoms with E-state index in [1.165, 1.54) is 0 Å². The second-order valence-corrected chi connectivity index (χ2v) is 4.56. The van der Waals surface area contributed by atoms with Gasteiger partial charge in [-0.2, -0.15) is 0 Å². The lowest BCUT2D eigenvalue weighted by atomic mass is 9.87. The van der Waals surface area contributed by atoms with Crippen molar-refractivity contribution in [2.45, 2.75) is 44.5 Å². The van der Waals surface area contributed by atoms with Crippen LogP contribution >= 0.6 is 0 Å². The van der Waals surface area contributed by atoms with Gasteiger partial charge in [0, 0.05) is 32.3 Å². The molecule has 1 aliphatic rings. The lowest BCUT2D eigenvalue weighted by molar-refractivity contribution is -0.140. The van der Waals surface area contributed by atoms with Crippen LogP contribution in [0.3, 0.4) is 0 Å². The zero-order chi connectivity index (χ0) is 11.1. The highest BCUT2D eigenvalue weighted by molar-refractivity contribution is 5.07. The van der Waals surface area contributed by atoms with E-state index in [1.807, 2.05) is 31.7 Å². The Hall–Kier alpha value is -0.870. The molecular formula is C11H18N2O2. The highest BCUT2D eigenvalue weighted by Gasteiger charge is 2.40. The fourth-order valence-corrected chi connectivity index (χ4v) is 2.52. The minimum absolute atomic E-state index is 0.0791. The summed E-state index contributed by atoms with van der Waals surface area (Å²) in [6.45, 7) is 3.98. The van der Waals surface area contributed by atoms with E-state index in [0.29, 0.717) is 12.8 Å². The van der Waals surface area contributed by atoms with Crippen LogP contribution in [-0.4, -0.2) is 26.9 Å². The van der Waals surface area contributed by atoms with Crippen molar-refractivity contribution in [1.82, 2.24) is 9.55 Å². The normalized spacial score (nSPS) is 36.8. The summed E-state index contributed by atoms with van der Waals surface area (Å²) in [6.07, 6.45) is 4.96. The Morgan fingerprint density at radius 2 is 2.07 bits per heavy atom. The van der Waals surface area contributed by atoms with E-state index in [2.05, 4.69) is 4.98 Å². The molecule has 2 atom stereocenters. The minimum atomic E-state index is -0.838. The highest BCUT2D eigenvalue weighted by Crippen LogP contribution is 2.36. The summed E-state index contributed by atoms with van der Waals surface area (Å²) in [7, 11) is 1.91. The van der Waals surface area contributed by atoms with Crippen LogP contribution in [-0.2, 0) is 17.4 Å². The largest absolute Gasteiger partial charge is 0.382 e. The first-order chi connectivity index (χ1) is 7.01. The predicted octanol–water partition coefficient (Wildman–Crippen LogP) is 1.20. The van der Waals surface area contributed by atoms with Crippen LogP contribution in [0.4, 0.5) is 0 Å². The molecule has 1 fully saturated rings. The fourth-order valence-electron chi connectivity index (χ4n) is 2.52. The smallest absolute Gasteiger partial charge is 0.140 e. The molecule has 2 heterocycles. The summed E-state index contributed by atoms with van der Waals surface area (Å²) >= 11 is 0. The molecule has 1 N–H and O–H groups in total. The van der Waals surface area contributed by atoms with Gasteiger partial charge in [-0.05, 0) is 13.8 Å². The van der Waals surface area contributed by atoms with E-state index in [-0.39, 0.29) is 12.2 Å². The van der Waals surface area contributed by atoms with Crippen LogP contribution in [0.15, 0.2) is 12.4 Å². The number of aryl methyl sites for hydroxylation is 1. The fraction of sp³-hybridized carbons (Fsp3) is 0.727. The molecule has 0 radical (unpaired) electrons. The van der Waals surface area contributed by atoms with Gasteiger partial charge in [0.2, 0.25) is 0 Å². The monoisotopic (exact) mass is 210 g/mol. The zero-order valence-corrected chi connectivity index (χ0v) is 9.47. The van der Waals surface area contributed by atoms with E-state index in [0.717, 1.165) is 5.82 Å². The summed E-state index contributed by atoms with van der Waals surface area (Å²) in [5.41, 5.74) is -0.838. The number of nitrogens with zero attached hydrogens (tertiary/aromatic N) is 2. The van der Waals surface area contributed by atoms with Crippen molar-refractivity contribution in [2.24, 2.45) is 7.05 Å². The highest BCUT2D eigenvalue weighted by atomic mass is 16.5. The SMILES string of the molecule is CC1CC(O)(c2nccn2C)CC(C)O1. The van der Waals surface area contributed by atoms with Gasteiger partial charge < -0.3 is 14.4 Å². The van der Waals surface area contributed by atoms with E-state index in [9.17, 15) is 5.11 Å². The van der Waals surface area contributed by atoms with E-state index < -0.39 is 5.60 Å². The Balaban J connectivity index is 2.29. The van der Waals surface area contributed by atoms with Gasteiger partial charge in [0.1, 0.15) is 11.4 Å². The first-order valence-electron chi connectivity index (χ1n) is 5.37. The quantitative estimate of drug-likeness (QED) is 0.757. The molecule has 1 aromatic heterocycles. The van der Waals surface area contributed by atoms with Gasteiger partial charge in [-0.15, -0.1) is 0 Å². The van der Waals surface area contributed by atoms with Gasteiger partial charge in [-0.1, -0.05) is 0 Å². The maximum Gasteiger partial charge on any atom is 0.140 e. The molecule has 1 aliphatic heterocycles. The molecule has 2 unspecified atom stereocenters. The van der Waals surface area contributed by atoms with Crippen molar-refractivity contribution in [3.8, 4) is 0 Å². The molecule has 0 aromatic carbocycles. The van der Waals surface area contributed by atoms with Gasteiger partial charge in [0.05, 0.1) is 12.2 Å². The molecule has 2 rings (SSSR count). The summed E-state index contributed by atoms with van der Waals surface area (Å²) < 4.78 is 7.50. The van der Waals surface area contributed by atoms with E-state index in [1.54, 1.807) is 6.20 Å². The van der Waals surface area contributed by atoms with Gasteiger partial charge in [0.25, 0.3) is 0 Å². The molecule has 0 aliphatic carbocycles. The number of imidazole rings is 1. The number of ether oxygens (including phenoxy) is 1. The summed E-state index contributed by atoms with van der Waals surface area (Å²) in [5.74, 6) is 0.740. The second-order valence-electron chi connectivity index (χ2n) is 4.56. The maximum absolute atomic E-state index is 10.6. The van der Waals surface area contributed by atoms with Gasteiger partial charge in [-0.25, -0.2) is 4.98 Å². The molecule has 4 nitrogen and oxygen atoms in total. The Labute approximate surface area is 89.9 Å². The molecule has 0 spiro atoms. The zero-order valence-electron chi connectivity index (χ0n) is 9.47. The van der Waals surface area contributed by atoms with Gasteiger partial charge in [0.15, 0.2) is 0 Å².